The second-order valence-corrected chi connectivity index (χ2v) is 5.44. The summed E-state index contributed by atoms with van der Waals surface area (Å²) in [6.07, 6.45) is 0. The van der Waals surface area contributed by atoms with Gasteiger partial charge in [0.05, 0.1) is 11.6 Å². The first-order chi connectivity index (χ1) is 12.0. The zero-order valence-electron chi connectivity index (χ0n) is 13.9. The number of carbonyl (C=O) groups is 1. The number of hydrogen-bond donors (Lipinski definition) is 0. The zero-order valence-corrected chi connectivity index (χ0v) is 13.9. The van der Waals surface area contributed by atoms with Crippen molar-refractivity contribution >= 4 is 22.7 Å². The highest BCUT2D eigenvalue weighted by Gasteiger charge is 2.20. The summed E-state index contributed by atoms with van der Waals surface area (Å²) >= 11 is 0. The highest BCUT2D eigenvalue weighted by Crippen LogP contribution is 2.32. The predicted molar refractivity (Wildman–Crippen MR) is 93.4 cm³/mol. The third-order valence-electron chi connectivity index (χ3n) is 4.02. The van der Waals surface area contributed by atoms with Gasteiger partial charge in [0.2, 0.25) is 0 Å². The van der Waals surface area contributed by atoms with E-state index >= 15 is 0 Å². The summed E-state index contributed by atoms with van der Waals surface area (Å²) < 4.78 is 5.34. The molecule has 7 nitrogen and oxygen atoms in total. The Morgan fingerprint density at radius 3 is 2.56 bits per heavy atom. The van der Waals surface area contributed by atoms with Gasteiger partial charge in [-0.1, -0.05) is 18.2 Å². The molecule has 25 heavy (non-hydrogen) atoms. The first-order valence-corrected chi connectivity index (χ1v) is 7.98. The summed E-state index contributed by atoms with van der Waals surface area (Å²) in [4.78, 5) is 29.1. The van der Waals surface area contributed by atoms with Crippen LogP contribution in [0, 0.1) is 10.1 Å². The summed E-state index contributed by atoms with van der Waals surface area (Å²) in [7, 11) is 0. The van der Waals surface area contributed by atoms with E-state index in [-0.39, 0.29) is 17.5 Å². The monoisotopic (exact) mass is 339 g/mol. The van der Waals surface area contributed by atoms with E-state index in [1.165, 1.54) is 12.1 Å². The Morgan fingerprint density at radius 2 is 1.92 bits per heavy atom. The minimum absolute atomic E-state index is 0.182. The van der Waals surface area contributed by atoms with Crippen LogP contribution in [0.1, 0.15) is 24.3 Å². The fourth-order valence-corrected chi connectivity index (χ4v) is 2.73. The van der Waals surface area contributed by atoms with Crippen molar-refractivity contribution in [3.8, 4) is 11.3 Å². The number of amides is 1. The van der Waals surface area contributed by atoms with Gasteiger partial charge in [0.15, 0.2) is 0 Å². The molecule has 0 N–H and O–H groups in total. The van der Waals surface area contributed by atoms with Gasteiger partial charge in [0, 0.05) is 24.0 Å². The topological polar surface area (TPSA) is 89.5 Å². The average Bonchev–Trinajstić information content (AvgIpc) is 3.12. The summed E-state index contributed by atoms with van der Waals surface area (Å²) in [5, 5.41) is 11.7. The van der Waals surface area contributed by atoms with Gasteiger partial charge in [-0.05, 0) is 32.0 Å². The molecular formula is C18H17N3O4. The zero-order chi connectivity index (χ0) is 18.0. The van der Waals surface area contributed by atoms with Crippen molar-refractivity contribution in [1.29, 1.82) is 0 Å². The molecule has 0 saturated heterocycles. The van der Waals surface area contributed by atoms with E-state index in [1.807, 2.05) is 32.0 Å². The second kappa shape index (κ2) is 6.72. The number of rotatable bonds is 5. The predicted octanol–water partition coefficient (Wildman–Crippen LogP) is 3.89. The standard InChI is InChI=1S/C18H17N3O4/c1-3-20(4-2)18(22)15-11-13(12-7-5-6-8-14(12)19-15)16-9-10-17(25-16)21(23)24/h5-11H,3-4H2,1-2H3. The molecule has 3 aromatic rings. The number of fused-ring (bicyclic) bond motifs is 1. The first-order valence-electron chi connectivity index (χ1n) is 7.98. The smallest absolute Gasteiger partial charge is 0.401 e. The lowest BCUT2D eigenvalue weighted by Gasteiger charge is -2.18. The molecule has 128 valence electrons. The number of pyridine rings is 1. The number of furan rings is 1. The molecule has 1 amide bonds. The van der Waals surface area contributed by atoms with Crippen molar-refractivity contribution in [2.45, 2.75) is 13.8 Å². The molecule has 0 atom stereocenters. The number of benzene rings is 1. The molecule has 2 aromatic heterocycles. The normalized spacial score (nSPS) is 10.8. The van der Waals surface area contributed by atoms with Crippen LogP contribution in [0.4, 0.5) is 5.88 Å². The van der Waals surface area contributed by atoms with Gasteiger partial charge >= 0.3 is 5.88 Å². The molecule has 0 aliphatic heterocycles. The molecule has 2 heterocycles. The van der Waals surface area contributed by atoms with Crippen LogP contribution in [-0.4, -0.2) is 33.8 Å². The molecule has 0 spiro atoms. The molecule has 0 fully saturated rings. The van der Waals surface area contributed by atoms with Crippen LogP contribution in [0.5, 0.6) is 0 Å². The molecule has 0 bridgehead atoms. The summed E-state index contributed by atoms with van der Waals surface area (Å²) in [5.74, 6) is -0.190. The Bertz CT molecular complexity index is 944. The summed E-state index contributed by atoms with van der Waals surface area (Å²) in [6.45, 7) is 4.95. The maximum Gasteiger partial charge on any atom is 0.433 e. The maximum atomic E-state index is 12.7. The van der Waals surface area contributed by atoms with E-state index in [0.29, 0.717) is 29.9 Å². The van der Waals surface area contributed by atoms with E-state index in [2.05, 4.69) is 4.98 Å². The first kappa shape index (κ1) is 16.6. The lowest BCUT2D eigenvalue weighted by molar-refractivity contribution is -0.401. The van der Waals surface area contributed by atoms with Gasteiger partial charge in [-0.25, -0.2) is 4.98 Å². The Kier molecular flexibility index (Phi) is 4.47. The van der Waals surface area contributed by atoms with Gasteiger partial charge < -0.3 is 9.32 Å². The fourth-order valence-electron chi connectivity index (χ4n) is 2.73. The largest absolute Gasteiger partial charge is 0.433 e. The SMILES string of the molecule is CCN(CC)C(=O)c1cc(-c2ccc([N+](=O)[O-])o2)c2ccccc2n1. The molecule has 0 saturated carbocycles. The van der Waals surface area contributed by atoms with Crippen LogP contribution >= 0.6 is 0 Å². The Hall–Kier alpha value is -3.22. The van der Waals surface area contributed by atoms with Crippen LogP contribution in [0.3, 0.4) is 0 Å². The number of carbonyl (C=O) groups excluding carboxylic acids is 1. The maximum absolute atomic E-state index is 12.7. The molecule has 3 rings (SSSR count). The van der Waals surface area contributed by atoms with Crippen LogP contribution in [-0.2, 0) is 0 Å². The van der Waals surface area contributed by atoms with Crippen LogP contribution < -0.4 is 0 Å². The quantitative estimate of drug-likeness (QED) is 0.520. The molecule has 7 heteroatoms. The average molecular weight is 339 g/mol. The van der Waals surface area contributed by atoms with E-state index < -0.39 is 4.92 Å². The van der Waals surface area contributed by atoms with Crippen molar-refractivity contribution in [2.24, 2.45) is 0 Å². The molecular weight excluding hydrogens is 322 g/mol. The Labute approximate surface area is 144 Å². The molecule has 0 aliphatic carbocycles. The third-order valence-corrected chi connectivity index (χ3v) is 4.02. The molecule has 0 aliphatic rings. The van der Waals surface area contributed by atoms with Crippen molar-refractivity contribution in [3.63, 3.8) is 0 Å². The van der Waals surface area contributed by atoms with Gasteiger partial charge in [-0.3, -0.25) is 14.9 Å². The third kappa shape index (κ3) is 3.08. The van der Waals surface area contributed by atoms with Crippen LogP contribution in [0.15, 0.2) is 46.9 Å². The van der Waals surface area contributed by atoms with Gasteiger partial charge in [-0.15, -0.1) is 0 Å². The molecule has 1 aromatic carbocycles. The lowest BCUT2D eigenvalue weighted by atomic mass is 10.0. The summed E-state index contributed by atoms with van der Waals surface area (Å²) in [5.41, 5.74) is 1.53. The highest BCUT2D eigenvalue weighted by atomic mass is 16.6. The lowest BCUT2D eigenvalue weighted by Crippen LogP contribution is -2.31. The second-order valence-electron chi connectivity index (χ2n) is 5.44. The van der Waals surface area contributed by atoms with Crippen molar-refractivity contribution in [1.82, 2.24) is 9.88 Å². The number of nitro groups is 1. The van der Waals surface area contributed by atoms with Crippen molar-refractivity contribution in [3.05, 3.63) is 58.3 Å². The van der Waals surface area contributed by atoms with Gasteiger partial charge in [0.25, 0.3) is 5.91 Å². The van der Waals surface area contributed by atoms with E-state index in [1.54, 1.807) is 17.0 Å². The molecule has 0 radical (unpaired) electrons. The van der Waals surface area contributed by atoms with E-state index in [0.717, 1.165) is 5.39 Å². The number of hydrogen-bond acceptors (Lipinski definition) is 5. The van der Waals surface area contributed by atoms with Gasteiger partial charge in [0.1, 0.15) is 16.4 Å². The van der Waals surface area contributed by atoms with E-state index in [4.69, 9.17) is 4.42 Å². The fraction of sp³-hybridized carbons (Fsp3) is 0.222. The Balaban J connectivity index is 2.19. The minimum Gasteiger partial charge on any atom is -0.401 e. The van der Waals surface area contributed by atoms with E-state index in [9.17, 15) is 14.9 Å². The highest BCUT2D eigenvalue weighted by molar-refractivity contribution is 6.00. The van der Waals surface area contributed by atoms with Crippen LogP contribution in [0.2, 0.25) is 0 Å². The van der Waals surface area contributed by atoms with Crippen LogP contribution in [0.25, 0.3) is 22.2 Å². The number of aromatic nitrogens is 1. The van der Waals surface area contributed by atoms with Crippen molar-refractivity contribution in [2.75, 3.05) is 13.1 Å². The number of nitrogens with zero attached hydrogens (tertiary/aromatic N) is 3. The number of para-hydroxylation sites is 1. The minimum atomic E-state index is -0.588. The summed E-state index contributed by atoms with van der Waals surface area (Å²) in [6, 6.07) is 11.8. The van der Waals surface area contributed by atoms with Gasteiger partial charge in [-0.2, -0.15) is 0 Å². The molecule has 0 unspecified atom stereocenters. The Morgan fingerprint density at radius 1 is 1.20 bits per heavy atom. The van der Waals surface area contributed by atoms with Crippen molar-refractivity contribution < 1.29 is 14.1 Å².